The lowest BCUT2D eigenvalue weighted by atomic mass is 10.0. The van der Waals surface area contributed by atoms with Gasteiger partial charge in [-0.15, -0.1) is 0 Å². The summed E-state index contributed by atoms with van der Waals surface area (Å²) in [6.45, 7) is 7.97. The number of benzene rings is 1. The Morgan fingerprint density at radius 2 is 1.92 bits per heavy atom. The van der Waals surface area contributed by atoms with Crippen molar-refractivity contribution in [2.75, 3.05) is 31.8 Å². The van der Waals surface area contributed by atoms with E-state index in [0.29, 0.717) is 23.0 Å². The van der Waals surface area contributed by atoms with Crippen LogP contribution in [0.15, 0.2) is 24.3 Å². The molecule has 0 unspecified atom stereocenters. The first kappa shape index (κ1) is 32.0. The molecule has 0 aliphatic heterocycles. The Bertz CT molecular complexity index is 1110. The minimum Gasteiger partial charge on any atom is -0.404 e. The smallest absolute Gasteiger partial charge is 0.334 e. The monoisotopic (exact) mass is 537 g/mol. The van der Waals surface area contributed by atoms with Crippen LogP contribution in [-0.4, -0.2) is 61.6 Å². The maximum atomic E-state index is 12.0. The Morgan fingerprint density at radius 1 is 1.18 bits per heavy atom. The van der Waals surface area contributed by atoms with Crippen molar-refractivity contribution in [2.45, 2.75) is 33.7 Å². The predicted molar refractivity (Wildman–Crippen MR) is 137 cm³/mol. The molecule has 1 aromatic carbocycles. The van der Waals surface area contributed by atoms with E-state index in [1.54, 1.807) is 23.1 Å². The molecule has 1 aromatic rings. The molecule has 0 aromatic heterocycles. The van der Waals surface area contributed by atoms with Crippen LogP contribution >= 0.6 is 0 Å². The second-order valence-electron chi connectivity index (χ2n) is 7.92. The van der Waals surface area contributed by atoms with E-state index in [9.17, 15) is 14.4 Å². The van der Waals surface area contributed by atoms with Gasteiger partial charge in [0.05, 0.1) is 18.9 Å². The fraction of sp³-hybridized carbons (Fsp3) is 0.391. The summed E-state index contributed by atoms with van der Waals surface area (Å²) in [7, 11) is 0. The van der Waals surface area contributed by atoms with Crippen LogP contribution in [-0.2, 0) is 34.5 Å². The molecule has 0 aliphatic rings. The van der Waals surface area contributed by atoms with Crippen molar-refractivity contribution in [1.82, 2.24) is 15.5 Å². The van der Waals surface area contributed by atoms with Gasteiger partial charge in [-0.1, -0.05) is 6.08 Å². The highest BCUT2D eigenvalue weighted by Gasteiger charge is 2.10. The molecule has 0 fully saturated rings. The number of amides is 2. The molecule has 0 aliphatic carbocycles. The number of allylic oxidation sites excluding steroid dienone is 1. The van der Waals surface area contributed by atoms with E-state index in [1.165, 1.54) is 6.20 Å². The van der Waals surface area contributed by atoms with Crippen molar-refractivity contribution < 1.29 is 39.3 Å². The van der Waals surface area contributed by atoms with E-state index in [1.807, 2.05) is 33.8 Å². The van der Waals surface area contributed by atoms with Gasteiger partial charge in [0.1, 0.15) is 5.84 Å². The summed E-state index contributed by atoms with van der Waals surface area (Å²) in [5.74, 6) is -0.916. The molecule has 38 heavy (non-hydrogen) atoms. The molecule has 15 heteroatoms. The summed E-state index contributed by atoms with van der Waals surface area (Å²) in [5.41, 5.74) is 13.1. The summed E-state index contributed by atoms with van der Waals surface area (Å²) >= 11 is 0. The summed E-state index contributed by atoms with van der Waals surface area (Å²) in [6, 6.07) is 3.65. The normalized spacial score (nSPS) is 12.4. The number of hydrogen-bond acceptors (Lipinski definition) is 12. The number of primary amides is 1. The van der Waals surface area contributed by atoms with Gasteiger partial charge < -0.3 is 27.0 Å². The average Bonchev–Trinajstić information content (AvgIpc) is 2.88. The van der Waals surface area contributed by atoms with Crippen LogP contribution in [0.25, 0.3) is 11.8 Å². The number of likely N-dealkylation sites (N-methyl/N-ethyl adjacent to an activating group) is 1. The number of amidine groups is 1. The maximum absolute atomic E-state index is 12.0. The van der Waals surface area contributed by atoms with Crippen LogP contribution in [0.2, 0.25) is 0 Å². The Balaban J connectivity index is 2.77. The van der Waals surface area contributed by atoms with Gasteiger partial charge in [-0.3, -0.25) is 30.0 Å². The third kappa shape index (κ3) is 11.4. The highest BCUT2D eigenvalue weighted by atomic mass is 17.8. The molecular formula is C23H35N7O8. The van der Waals surface area contributed by atoms with Crippen LogP contribution in [0.3, 0.4) is 0 Å². The molecule has 1 rings (SSSR count). The highest BCUT2D eigenvalue weighted by molar-refractivity contribution is 5.95. The fourth-order valence-corrected chi connectivity index (χ4v) is 3.01. The minimum atomic E-state index is -0.596. The van der Waals surface area contributed by atoms with Gasteiger partial charge in [-0.05, 0) is 61.7 Å². The van der Waals surface area contributed by atoms with E-state index < -0.39 is 18.4 Å². The summed E-state index contributed by atoms with van der Waals surface area (Å²) in [6.07, 6.45) is 4.74. The summed E-state index contributed by atoms with van der Waals surface area (Å²) < 4.78 is 0. The first-order valence-corrected chi connectivity index (χ1v) is 11.5. The number of carbonyl (C=O) groups excluding carboxylic acids is 3. The molecule has 0 heterocycles. The second-order valence-corrected chi connectivity index (χ2v) is 7.92. The van der Waals surface area contributed by atoms with Gasteiger partial charge in [-0.25, -0.2) is 0 Å². The van der Waals surface area contributed by atoms with Crippen molar-refractivity contribution in [3.05, 3.63) is 40.3 Å². The molecule has 2 amide bonds. The molecule has 8 N–H and O–H groups in total. The van der Waals surface area contributed by atoms with E-state index in [-0.39, 0.29) is 31.7 Å². The van der Waals surface area contributed by atoms with Crippen molar-refractivity contribution in [3.8, 4) is 0 Å². The van der Waals surface area contributed by atoms with E-state index in [2.05, 4.69) is 40.8 Å². The second kappa shape index (κ2) is 17.4. The van der Waals surface area contributed by atoms with Crippen LogP contribution in [0, 0.1) is 5.41 Å². The predicted octanol–water partition coefficient (Wildman–Crippen LogP) is -1.15. The molecule has 0 spiro atoms. The third-order valence-corrected chi connectivity index (χ3v) is 4.81. The summed E-state index contributed by atoms with van der Waals surface area (Å²) in [4.78, 5) is 43.2. The summed E-state index contributed by atoms with van der Waals surface area (Å²) in [5, 5.41) is 29.9. The maximum Gasteiger partial charge on any atom is 0.334 e. The van der Waals surface area contributed by atoms with Crippen molar-refractivity contribution >= 4 is 41.6 Å². The zero-order chi connectivity index (χ0) is 28.5. The van der Waals surface area contributed by atoms with Crippen LogP contribution in [0.4, 0.5) is 5.69 Å². The van der Waals surface area contributed by atoms with Gasteiger partial charge >= 0.3 is 6.47 Å². The Hall–Kier alpha value is -4.02. The van der Waals surface area contributed by atoms with E-state index in [0.717, 1.165) is 10.8 Å². The number of carbonyl (C=O) groups is 3. The van der Waals surface area contributed by atoms with Gasteiger partial charge in [-0.2, -0.15) is 4.89 Å². The van der Waals surface area contributed by atoms with Crippen molar-refractivity contribution in [3.63, 3.8) is 0 Å². The molecule has 210 valence electrons. The first-order valence-electron chi connectivity index (χ1n) is 11.5. The van der Waals surface area contributed by atoms with Crippen molar-refractivity contribution in [1.29, 1.82) is 5.41 Å². The van der Waals surface area contributed by atoms with Gasteiger partial charge in [0.2, 0.25) is 11.8 Å². The lowest BCUT2D eigenvalue weighted by molar-refractivity contribution is -0.695. The topological polar surface area (TPSA) is 213 Å². The molecule has 0 saturated heterocycles. The quantitative estimate of drug-likeness (QED) is 0.0264. The first-order chi connectivity index (χ1) is 18.1. The minimum absolute atomic E-state index is 0.0570. The molecular weight excluding hydrogens is 502 g/mol. The largest absolute Gasteiger partial charge is 0.404 e. The lowest BCUT2D eigenvalue weighted by Crippen LogP contribution is -2.43. The Kier molecular flexibility index (Phi) is 14.7. The van der Waals surface area contributed by atoms with Crippen molar-refractivity contribution in [2.24, 2.45) is 11.5 Å². The van der Waals surface area contributed by atoms with Gasteiger partial charge in [0, 0.05) is 39.8 Å². The zero-order valence-corrected chi connectivity index (χ0v) is 21.7. The van der Waals surface area contributed by atoms with Crippen LogP contribution < -0.4 is 37.9 Å². The SMILES string of the molecule is CCN(CNCNC(=O)COOOOOC=O)C(=N)C=CC(C)=c1cc(NC(C)C)c(=CN)c(C(N)=O)c1. The standard InChI is InChI=1S/C23H35N7O8/c1-5-30(13-27-12-28-22(32)11-34-36-38-37-35-14-31)21(25)7-6-16(4)17-8-18(23(26)33)19(10-24)20(9-17)29-15(2)3/h6-10,14-15,25,27,29H,5,11-13,24H2,1-4H3,(H2,26,33)(H,28,32). The molecule has 0 radical (unpaired) electrons. The fourth-order valence-electron chi connectivity index (χ4n) is 3.01. The average molecular weight is 538 g/mol. The van der Waals surface area contributed by atoms with Gasteiger partial charge in [0.15, 0.2) is 6.61 Å². The lowest BCUT2D eigenvalue weighted by Gasteiger charge is -2.22. The van der Waals surface area contributed by atoms with E-state index in [4.69, 9.17) is 16.9 Å². The zero-order valence-electron chi connectivity index (χ0n) is 21.7. The third-order valence-electron chi connectivity index (χ3n) is 4.81. The number of nitrogens with zero attached hydrogens (tertiary/aromatic N) is 1. The number of nitrogens with one attached hydrogen (secondary N) is 4. The molecule has 0 atom stereocenters. The number of hydrogen-bond donors (Lipinski definition) is 6. The van der Waals surface area contributed by atoms with Crippen LogP contribution in [0.1, 0.15) is 38.1 Å². The number of rotatable bonds is 17. The Labute approximate surface area is 219 Å². The number of nitrogens with two attached hydrogens (primary N) is 2. The Morgan fingerprint density at radius 3 is 2.53 bits per heavy atom. The number of anilines is 1. The molecule has 0 saturated carbocycles. The van der Waals surface area contributed by atoms with Crippen LogP contribution in [0.5, 0.6) is 0 Å². The van der Waals surface area contributed by atoms with E-state index >= 15 is 0 Å². The highest BCUT2D eigenvalue weighted by Crippen LogP contribution is 2.05. The van der Waals surface area contributed by atoms with Gasteiger partial charge in [0.25, 0.3) is 0 Å². The molecule has 0 bridgehead atoms. The molecule has 15 nitrogen and oxygen atoms in total.